The number of rotatable bonds is 3. The molecule has 106 valence electrons. The number of primary amides is 1. The van der Waals surface area contributed by atoms with Crippen molar-refractivity contribution in [1.82, 2.24) is 9.61 Å². The van der Waals surface area contributed by atoms with Gasteiger partial charge >= 0.3 is 0 Å². The lowest BCUT2D eigenvalue weighted by atomic mass is 10.1. The molecule has 0 saturated carbocycles. The number of nitrogens with zero attached hydrogens (tertiary/aromatic N) is 2. The van der Waals surface area contributed by atoms with E-state index in [0.29, 0.717) is 22.5 Å². The van der Waals surface area contributed by atoms with E-state index in [4.69, 9.17) is 10.5 Å². The van der Waals surface area contributed by atoms with Crippen LogP contribution in [0.1, 0.15) is 10.4 Å². The zero-order valence-corrected chi connectivity index (χ0v) is 11.2. The summed E-state index contributed by atoms with van der Waals surface area (Å²) in [5, 5.41) is 4.35. The highest BCUT2D eigenvalue weighted by Crippen LogP contribution is 2.28. The number of halogens is 1. The summed E-state index contributed by atoms with van der Waals surface area (Å²) < 4.78 is 19.7. The molecule has 0 aliphatic heterocycles. The molecule has 0 fully saturated rings. The van der Waals surface area contributed by atoms with Crippen LogP contribution in [-0.4, -0.2) is 22.6 Å². The Bertz CT molecular complexity index is 825. The van der Waals surface area contributed by atoms with Crippen LogP contribution in [0.4, 0.5) is 4.39 Å². The first-order valence-corrected chi connectivity index (χ1v) is 6.22. The van der Waals surface area contributed by atoms with E-state index >= 15 is 0 Å². The largest absolute Gasteiger partial charge is 0.497 e. The molecular weight excluding hydrogens is 273 g/mol. The zero-order chi connectivity index (χ0) is 15.0. The zero-order valence-electron chi connectivity index (χ0n) is 11.2. The Morgan fingerprint density at radius 1 is 1.29 bits per heavy atom. The van der Waals surface area contributed by atoms with Crippen molar-refractivity contribution in [1.29, 1.82) is 0 Å². The van der Waals surface area contributed by atoms with Gasteiger partial charge in [0, 0.05) is 17.8 Å². The molecule has 5 nitrogen and oxygen atoms in total. The number of ether oxygens (including phenoxy) is 1. The molecule has 3 rings (SSSR count). The van der Waals surface area contributed by atoms with Gasteiger partial charge in [-0.25, -0.2) is 8.91 Å². The van der Waals surface area contributed by atoms with Gasteiger partial charge in [-0.1, -0.05) is 0 Å². The number of carbonyl (C=O) groups is 1. The quantitative estimate of drug-likeness (QED) is 0.802. The monoisotopic (exact) mass is 285 g/mol. The Kier molecular flexibility index (Phi) is 3.06. The number of benzene rings is 1. The van der Waals surface area contributed by atoms with Gasteiger partial charge in [-0.15, -0.1) is 0 Å². The minimum absolute atomic E-state index is 0.278. The number of carbonyl (C=O) groups excluding carboxylic acids is 1. The molecule has 0 unspecified atom stereocenters. The number of methoxy groups -OCH3 is 1. The van der Waals surface area contributed by atoms with Crippen molar-refractivity contribution < 1.29 is 13.9 Å². The highest BCUT2D eigenvalue weighted by atomic mass is 19.1. The van der Waals surface area contributed by atoms with E-state index in [2.05, 4.69) is 5.10 Å². The lowest BCUT2D eigenvalue weighted by Gasteiger charge is -2.01. The number of fused-ring (bicyclic) bond motifs is 1. The van der Waals surface area contributed by atoms with Crippen LogP contribution >= 0.6 is 0 Å². The molecule has 6 heteroatoms. The standard InChI is InChI=1S/C15H12FN3O2/c1-21-11-6-7-19-12(8-11)13(15(17)20)14(18-19)9-2-4-10(16)5-3-9/h2-8H,1H3,(H2,17,20). The van der Waals surface area contributed by atoms with Crippen LogP contribution in [0, 0.1) is 5.82 Å². The molecule has 0 atom stereocenters. The Hall–Kier alpha value is -2.89. The molecule has 0 saturated heterocycles. The van der Waals surface area contributed by atoms with Crippen LogP contribution in [0.3, 0.4) is 0 Å². The molecule has 0 aliphatic rings. The number of aromatic nitrogens is 2. The van der Waals surface area contributed by atoms with Gasteiger partial charge in [0.1, 0.15) is 17.3 Å². The predicted molar refractivity (Wildman–Crippen MR) is 75.7 cm³/mol. The molecule has 0 radical (unpaired) electrons. The minimum Gasteiger partial charge on any atom is -0.497 e. The van der Waals surface area contributed by atoms with Crippen LogP contribution in [0.5, 0.6) is 5.75 Å². The molecule has 1 aromatic carbocycles. The fourth-order valence-electron chi connectivity index (χ4n) is 2.21. The summed E-state index contributed by atoms with van der Waals surface area (Å²) in [6.45, 7) is 0. The van der Waals surface area contributed by atoms with Crippen LogP contribution in [-0.2, 0) is 0 Å². The highest BCUT2D eigenvalue weighted by Gasteiger charge is 2.19. The van der Waals surface area contributed by atoms with Gasteiger partial charge in [0.25, 0.3) is 5.91 Å². The Morgan fingerprint density at radius 3 is 2.62 bits per heavy atom. The van der Waals surface area contributed by atoms with E-state index < -0.39 is 5.91 Å². The second kappa shape index (κ2) is 4.90. The molecule has 21 heavy (non-hydrogen) atoms. The van der Waals surface area contributed by atoms with Crippen LogP contribution in [0.15, 0.2) is 42.6 Å². The SMILES string of the molecule is COc1ccn2nc(-c3ccc(F)cc3)c(C(N)=O)c2c1. The average molecular weight is 285 g/mol. The van der Waals surface area contributed by atoms with Crippen molar-refractivity contribution >= 4 is 11.4 Å². The van der Waals surface area contributed by atoms with Crippen molar-refractivity contribution in [3.8, 4) is 17.0 Å². The van der Waals surface area contributed by atoms with Gasteiger partial charge in [0.15, 0.2) is 0 Å². The van der Waals surface area contributed by atoms with Gasteiger partial charge < -0.3 is 10.5 Å². The smallest absolute Gasteiger partial charge is 0.253 e. The van der Waals surface area contributed by atoms with Crippen LogP contribution in [0.2, 0.25) is 0 Å². The van der Waals surface area contributed by atoms with Gasteiger partial charge in [-0.3, -0.25) is 4.79 Å². The molecular formula is C15H12FN3O2. The topological polar surface area (TPSA) is 69.6 Å². The van der Waals surface area contributed by atoms with Crippen molar-refractivity contribution in [2.45, 2.75) is 0 Å². The van der Waals surface area contributed by atoms with Crippen LogP contribution in [0.25, 0.3) is 16.8 Å². The fraction of sp³-hybridized carbons (Fsp3) is 0.0667. The molecule has 0 spiro atoms. The molecule has 3 aromatic rings. The van der Waals surface area contributed by atoms with E-state index in [-0.39, 0.29) is 11.4 Å². The molecule has 1 amide bonds. The minimum atomic E-state index is -0.599. The summed E-state index contributed by atoms with van der Waals surface area (Å²) in [7, 11) is 1.53. The van der Waals surface area contributed by atoms with Crippen molar-refractivity contribution in [3.05, 3.63) is 54.0 Å². The number of amides is 1. The summed E-state index contributed by atoms with van der Waals surface area (Å²) in [5.41, 5.74) is 7.33. The average Bonchev–Trinajstić information content (AvgIpc) is 2.86. The number of pyridine rings is 1. The number of hydrogen-bond donors (Lipinski definition) is 1. The van der Waals surface area contributed by atoms with Crippen molar-refractivity contribution in [2.24, 2.45) is 5.73 Å². The lowest BCUT2D eigenvalue weighted by molar-refractivity contribution is 0.100. The number of hydrogen-bond acceptors (Lipinski definition) is 3. The van der Waals surface area contributed by atoms with Gasteiger partial charge in [0.2, 0.25) is 0 Å². The Balaban J connectivity index is 2.29. The van der Waals surface area contributed by atoms with Crippen molar-refractivity contribution in [3.63, 3.8) is 0 Å². The Labute approximate surface area is 119 Å². The normalized spacial score (nSPS) is 10.8. The molecule has 0 aliphatic carbocycles. The van der Waals surface area contributed by atoms with E-state index in [1.165, 1.54) is 19.2 Å². The first kappa shape index (κ1) is 13.1. The third kappa shape index (κ3) is 2.20. The summed E-state index contributed by atoms with van der Waals surface area (Å²) in [6.07, 6.45) is 1.67. The van der Waals surface area contributed by atoms with E-state index in [1.54, 1.807) is 35.0 Å². The lowest BCUT2D eigenvalue weighted by Crippen LogP contribution is -2.11. The summed E-state index contributed by atoms with van der Waals surface area (Å²) in [5.74, 6) is -0.363. The molecule has 2 N–H and O–H groups in total. The van der Waals surface area contributed by atoms with Gasteiger partial charge in [0.05, 0.1) is 18.2 Å². The first-order chi connectivity index (χ1) is 10.1. The third-order valence-electron chi connectivity index (χ3n) is 3.21. The maximum absolute atomic E-state index is 13.0. The summed E-state index contributed by atoms with van der Waals surface area (Å²) in [6, 6.07) is 9.14. The first-order valence-electron chi connectivity index (χ1n) is 6.22. The number of nitrogens with two attached hydrogens (primary N) is 1. The Morgan fingerprint density at radius 2 is 2.00 bits per heavy atom. The summed E-state index contributed by atoms with van der Waals surface area (Å²) in [4.78, 5) is 11.8. The highest BCUT2D eigenvalue weighted by molar-refractivity contribution is 6.05. The molecule has 2 aromatic heterocycles. The molecule has 0 bridgehead atoms. The summed E-state index contributed by atoms with van der Waals surface area (Å²) >= 11 is 0. The maximum Gasteiger partial charge on any atom is 0.253 e. The third-order valence-corrected chi connectivity index (χ3v) is 3.21. The predicted octanol–water partition coefficient (Wildman–Crippen LogP) is 2.25. The second-order valence-corrected chi connectivity index (χ2v) is 4.49. The van der Waals surface area contributed by atoms with E-state index in [0.717, 1.165) is 0 Å². The van der Waals surface area contributed by atoms with Gasteiger partial charge in [-0.05, 0) is 30.3 Å². The molecule has 2 heterocycles. The van der Waals surface area contributed by atoms with Crippen molar-refractivity contribution in [2.75, 3.05) is 7.11 Å². The van der Waals surface area contributed by atoms with E-state index in [1.807, 2.05) is 0 Å². The van der Waals surface area contributed by atoms with Crippen LogP contribution < -0.4 is 10.5 Å². The maximum atomic E-state index is 13.0. The second-order valence-electron chi connectivity index (χ2n) is 4.49. The fourth-order valence-corrected chi connectivity index (χ4v) is 2.21. The van der Waals surface area contributed by atoms with E-state index in [9.17, 15) is 9.18 Å². The van der Waals surface area contributed by atoms with Gasteiger partial charge in [-0.2, -0.15) is 5.10 Å².